The molecule has 0 unspecified atom stereocenters. The number of unbranched alkanes of at least 4 members (excludes halogenated alkanes) is 8. The Morgan fingerprint density at radius 2 is 0.543 bits per heavy atom. The number of aromatic carboxylic acids is 2. The molecule has 2 heterocycles. The monoisotopic (exact) mass is 1340 g/mol. The summed E-state index contributed by atoms with van der Waals surface area (Å²) >= 11 is 0. The second kappa shape index (κ2) is 82.1. The van der Waals surface area contributed by atoms with Gasteiger partial charge in [0.2, 0.25) is 0 Å². The summed E-state index contributed by atoms with van der Waals surface area (Å²) in [6, 6.07) is 5.33. The Morgan fingerprint density at radius 1 is 0.386 bits per heavy atom. The van der Waals surface area contributed by atoms with Gasteiger partial charge in [0, 0.05) is 96.7 Å². The molecule has 432 valence electrons. The topological polar surface area (TPSA) is 488 Å². The van der Waals surface area contributed by atoms with E-state index >= 15 is 0 Å². The van der Waals surface area contributed by atoms with Crippen LogP contribution in [0, 0.1) is 0 Å². The fourth-order valence-electron chi connectivity index (χ4n) is 6.40. The number of pyridine rings is 2. The van der Waals surface area contributed by atoms with Gasteiger partial charge in [-0.3, -0.25) is 9.97 Å². The Kier molecular flexibility index (Phi) is 144. The van der Waals surface area contributed by atoms with Crippen molar-refractivity contribution >= 4 is 11.9 Å². The van der Waals surface area contributed by atoms with Crippen LogP contribution >= 0.6 is 0 Å². The number of quaternary nitrogens is 2. The van der Waals surface area contributed by atoms with Crippen LogP contribution < -0.4 is 10.2 Å². The van der Waals surface area contributed by atoms with Crippen LogP contribution in [0.1, 0.15) is 179 Å². The molecular formula is C44H80Mo4N4O18-24. The number of hydrogen-bond acceptors (Lipinski definition) is 8. The standard InChI is InChI=1S/2C16H36N.2C6H5NO3.4Mo.12O/c2*1-5-9-13-17(14-10-6-2,15-11-7-3)16-12-8-4;2*8-4-2-1-3-7-5(4)6(9)10;;;;;;;;;;;;;;;;/h2*5-16H2,1-4H3;2*1-3,8H,(H,9,10);;;;;;;;;;;;;;;;/q2*+1;;;;;;;12*-2/p-2. The number of carbonyl (C=O) groups excluding carboxylic acids is 2. The van der Waals surface area contributed by atoms with Crippen molar-refractivity contribution in [3.8, 4) is 11.5 Å². The van der Waals surface area contributed by atoms with Crippen molar-refractivity contribution in [3.63, 3.8) is 0 Å². The summed E-state index contributed by atoms with van der Waals surface area (Å²) in [5.74, 6) is -3.69. The van der Waals surface area contributed by atoms with Gasteiger partial charge in [-0.2, -0.15) is 0 Å². The molecule has 0 aliphatic carbocycles. The first-order valence-corrected chi connectivity index (χ1v) is 21.3. The number of hydrogen-bond donors (Lipinski definition) is 2. The van der Waals surface area contributed by atoms with Gasteiger partial charge in [0.25, 0.3) is 0 Å². The van der Waals surface area contributed by atoms with Crippen LogP contribution in [0.5, 0.6) is 11.5 Å². The van der Waals surface area contributed by atoms with E-state index in [-0.39, 0.29) is 161 Å². The summed E-state index contributed by atoms with van der Waals surface area (Å²) in [5, 5.41) is 37.8. The summed E-state index contributed by atoms with van der Waals surface area (Å²) in [5.41, 5.74) is -0.856. The molecule has 22 nitrogen and oxygen atoms in total. The van der Waals surface area contributed by atoms with Gasteiger partial charge < -0.3 is 105 Å². The zero-order valence-electron chi connectivity index (χ0n) is 42.3. The van der Waals surface area contributed by atoms with E-state index < -0.39 is 23.3 Å². The first-order valence-electron chi connectivity index (χ1n) is 21.3. The summed E-state index contributed by atoms with van der Waals surface area (Å²) in [7, 11) is 0. The minimum Gasteiger partial charge on any atom is -2.00 e. The molecule has 0 bridgehead atoms. The number of rotatable bonds is 26. The van der Waals surface area contributed by atoms with E-state index in [1.807, 2.05) is 0 Å². The molecule has 2 N–H and O–H groups in total. The number of aromatic nitrogens is 2. The molecule has 2 rings (SSSR count). The van der Waals surface area contributed by atoms with Crippen molar-refractivity contribution in [2.45, 2.75) is 158 Å². The SMILES string of the molecule is CCCC[N+](CCCC)(CCCC)CCCC.CCCC[N+](CCCC)(CCCC)CCCC.O=C([O-])c1ncccc1O.O=C([O-])c1ncccc1O.[Mo].[Mo].[Mo].[Mo].[O-2].[O-2].[O-2].[O-2].[O-2].[O-2].[O-2].[O-2].[O-2].[O-2].[O-2].[O-2]. The smallest absolute Gasteiger partial charge is 0.143 e. The molecule has 2 aromatic rings. The average molecular weight is 1340 g/mol. The number of carboxylic acids is 2. The Labute approximate surface area is 477 Å². The first-order chi connectivity index (χ1) is 25.9. The number of carboxylic acid groups (broad SMARTS) is 2. The van der Waals surface area contributed by atoms with Crippen LogP contribution in [-0.2, 0) is 150 Å². The van der Waals surface area contributed by atoms with Crippen molar-refractivity contribution in [2.75, 3.05) is 52.4 Å². The second-order valence-corrected chi connectivity index (χ2v) is 14.6. The molecular weight excluding hydrogens is 1260 g/mol. The van der Waals surface area contributed by atoms with Crippen molar-refractivity contribution in [1.82, 2.24) is 9.97 Å². The molecule has 0 saturated heterocycles. The van der Waals surface area contributed by atoms with E-state index in [1.165, 1.54) is 201 Å². The number of carbonyl (C=O) groups is 2. The maximum atomic E-state index is 10.1. The summed E-state index contributed by atoms with van der Waals surface area (Å²) in [6.45, 7) is 30.0. The first kappa shape index (κ1) is 123. The van der Waals surface area contributed by atoms with E-state index in [2.05, 4.69) is 65.4 Å². The van der Waals surface area contributed by atoms with E-state index in [4.69, 9.17) is 10.2 Å². The van der Waals surface area contributed by atoms with Gasteiger partial charge in [-0.15, -0.1) is 0 Å². The zero-order valence-corrected chi connectivity index (χ0v) is 50.3. The summed E-state index contributed by atoms with van der Waals surface area (Å²) in [4.78, 5) is 26.9. The molecule has 0 radical (unpaired) electrons. The predicted octanol–water partition coefficient (Wildman–Crippen LogP) is 6.87. The van der Waals surface area contributed by atoms with Gasteiger partial charge in [-0.1, -0.05) is 107 Å². The van der Waals surface area contributed by atoms with Crippen molar-refractivity contribution in [2.24, 2.45) is 0 Å². The average Bonchev–Trinajstić information content (AvgIpc) is 3.17. The molecule has 2 aromatic heterocycles. The third-order valence-corrected chi connectivity index (χ3v) is 9.85. The Hall–Kier alpha value is -0.967. The van der Waals surface area contributed by atoms with Crippen LogP contribution in [0.2, 0.25) is 0 Å². The number of nitrogens with zero attached hydrogens (tertiary/aromatic N) is 4. The van der Waals surface area contributed by atoms with Gasteiger partial charge in [0.15, 0.2) is 0 Å². The van der Waals surface area contributed by atoms with Gasteiger partial charge in [-0.05, 0) is 75.6 Å². The van der Waals surface area contributed by atoms with Crippen molar-refractivity contribution in [3.05, 3.63) is 48.0 Å². The molecule has 0 aromatic carbocycles. The predicted molar refractivity (Wildman–Crippen MR) is 227 cm³/mol. The second-order valence-electron chi connectivity index (χ2n) is 14.6. The normalized spacial score (nSPS) is 8.46. The Morgan fingerprint density at radius 3 is 0.643 bits per heavy atom. The minimum absolute atomic E-state index is 0. The van der Waals surface area contributed by atoms with Crippen molar-refractivity contribution < 1.29 is 189 Å². The van der Waals surface area contributed by atoms with Crippen LogP contribution in [-0.4, -0.2) is 93.4 Å². The van der Waals surface area contributed by atoms with Gasteiger partial charge in [0.1, 0.15) is 22.9 Å². The van der Waals surface area contributed by atoms with Crippen LogP contribution in [0.15, 0.2) is 36.7 Å². The third kappa shape index (κ3) is 61.3. The van der Waals surface area contributed by atoms with Gasteiger partial charge in [0.05, 0.1) is 64.3 Å². The van der Waals surface area contributed by atoms with Crippen LogP contribution in [0.3, 0.4) is 0 Å². The van der Waals surface area contributed by atoms with Crippen molar-refractivity contribution in [1.29, 1.82) is 0 Å². The molecule has 0 atom stereocenters. The van der Waals surface area contributed by atoms with Gasteiger partial charge >= 0.3 is 0 Å². The fraction of sp³-hybridized carbons (Fsp3) is 0.727. The third-order valence-electron chi connectivity index (χ3n) is 9.85. The minimum atomic E-state index is -1.47. The quantitative estimate of drug-likeness (QED) is 0.0737. The Bertz CT molecular complexity index is 1080. The largest absolute Gasteiger partial charge is 2.00 e. The molecule has 70 heavy (non-hydrogen) atoms. The maximum absolute atomic E-state index is 10.1. The van der Waals surface area contributed by atoms with Crippen LogP contribution in [0.4, 0.5) is 0 Å². The molecule has 0 saturated carbocycles. The molecule has 0 amide bonds. The van der Waals surface area contributed by atoms with E-state index in [0.29, 0.717) is 0 Å². The summed E-state index contributed by atoms with van der Waals surface area (Å²) < 4.78 is 2.84. The number of aromatic hydroxyl groups is 2. The summed E-state index contributed by atoms with van der Waals surface area (Å²) in [6.07, 6.45) is 24.7. The zero-order chi connectivity index (χ0) is 41.1. The van der Waals surface area contributed by atoms with E-state index in [0.717, 1.165) is 0 Å². The van der Waals surface area contributed by atoms with Gasteiger partial charge in [-0.25, -0.2) is 0 Å². The maximum Gasteiger partial charge on any atom is 0.143 e. The molecule has 26 heteroatoms. The molecule has 0 aliphatic rings. The fourth-order valence-corrected chi connectivity index (χ4v) is 6.40. The molecule has 0 fully saturated rings. The van der Waals surface area contributed by atoms with E-state index in [9.17, 15) is 19.8 Å². The Balaban J connectivity index is -0.0000000305. The molecule has 0 aliphatic heterocycles. The van der Waals surface area contributed by atoms with Crippen LogP contribution in [0.25, 0.3) is 0 Å². The van der Waals surface area contributed by atoms with E-state index in [1.54, 1.807) is 0 Å². The molecule has 0 spiro atoms.